The van der Waals surface area contributed by atoms with Crippen LogP contribution in [0.1, 0.15) is 23.0 Å². The lowest BCUT2D eigenvalue weighted by Crippen LogP contribution is -2.26. The molecular weight excluding hydrogens is 460 g/mol. The summed E-state index contributed by atoms with van der Waals surface area (Å²) >= 11 is 1.18. The Bertz CT molecular complexity index is 1100. The van der Waals surface area contributed by atoms with E-state index in [2.05, 4.69) is 34.3 Å². The van der Waals surface area contributed by atoms with E-state index in [4.69, 9.17) is 0 Å². The molecule has 0 saturated carbocycles. The van der Waals surface area contributed by atoms with Gasteiger partial charge in [0.15, 0.2) is 5.69 Å². The Morgan fingerprint density at radius 3 is 2.21 bits per heavy atom. The summed E-state index contributed by atoms with van der Waals surface area (Å²) in [4.78, 5) is 34.7. The summed E-state index contributed by atoms with van der Waals surface area (Å²) in [5.74, 6) is -1.05. The van der Waals surface area contributed by atoms with E-state index >= 15 is 0 Å². The Morgan fingerprint density at radius 1 is 0.971 bits per heavy atom. The van der Waals surface area contributed by atoms with Gasteiger partial charge >= 0.3 is 18.0 Å². The van der Waals surface area contributed by atoms with Gasteiger partial charge in [0.1, 0.15) is 5.71 Å². The first-order valence-corrected chi connectivity index (χ1v) is 10.8. The molecule has 0 spiro atoms. The maximum absolute atomic E-state index is 11.5. The second-order valence-electron chi connectivity index (χ2n) is 6.35. The van der Waals surface area contributed by atoms with Crippen LogP contribution in [0.15, 0.2) is 65.8 Å². The molecule has 0 saturated heterocycles. The van der Waals surface area contributed by atoms with Crippen LogP contribution in [-0.2, 0) is 25.4 Å². The number of amides is 1. The number of carbonyl (C=O) groups excluding carboxylic acids is 3. The van der Waals surface area contributed by atoms with Gasteiger partial charge in [-0.3, -0.25) is 0 Å². The van der Waals surface area contributed by atoms with E-state index in [9.17, 15) is 14.4 Å². The highest BCUT2D eigenvalue weighted by Gasteiger charge is 2.17. The summed E-state index contributed by atoms with van der Waals surface area (Å²) in [6.45, 7) is 1.90. The molecule has 0 aliphatic carbocycles. The molecule has 0 unspecified atom stereocenters. The molecular formula is C23H24N4O6S. The summed E-state index contributed by atoms with van der Waals surface area (Å²) in [6.07, 6.45) is -0.447. The van der Waals surface area contributed by atoms with Crippen molar-refractivity contribution in [2.45, 2.75) is 13.3 Å². The van der Waals surface area contributed by atoms with Crippen molar-refractivity contribution in [2.24, 2.45) is 5.10 Å². The molecule has 0 atom stereocenters. The molecule has 3 rings (SSSR count). The average molecular weight is 485 g/mol. The second-order valence-corrected chi connectivity index (χ2v) is 7.11. The SMILES string of the molecule is CCOC(=O)N/N=C(/Cc1ccccc1)C(=O)OC.COC(=O)c1nnsc1-c1ccccc1. The molecule has 0 aliphatic rings. The Kier molecular flexibility index (Phi) is 10.8. The topological polar surface area (TPSA) is 129 Å². The van der Waals surface area contributed by atoms with Crippen molar-refractivity contribution < 1.29 is 28.6 Å². The molecule has 0 aliphatic heterocycles. The van der Waals surface area contributed by atoms with Crippen LogP contribution in [0.4, 0.5) is 4.79 Å². The van der Waals surface area contributed by atoms with Gasteiger partial charge in [0, 0.05) is 6.42 Å². The summed E-state index contributed by atoms with van der Waals surface area (Å²) in [5.41, 5.74) is 4.33. The van der Waals surface area contributed by atoms with E-state index in [1.807, 2.05) is 60.7 Å². The molecule has 2 aromatic carbocycles. The molecule has 1 heterocycles. The van der Waals surface area contributed by atoms with Gasteiger partial charge in [-0.15, -0.1) is 5.10 Å². The first-order valence-electron chi connectivity index (χ1n) is 10.1. The highest BCUT2D eigenvalue weighted by atomic mass is 32.1. The Morgan fingerprint density at radius 2 is 1.62 bits per heavy atom. The van der Waals surface area contributed by atoms with E-state index < -0.39 is 18.0 Å². The zero-order valence-electron chi connectivity index (χ0n) is 18.9. The number of hydrogen-bond donors (Lipinski definition) is 1. The smallest absolute Gasteiger partial charge is 0.427 e. The molecule has 178 valence electrons. The average Bonchev–Trinajstić information content (AvgIpc) is 3.37. The molecule has 34 heavy (non-hydrogen) atoms. The van der Waals surface area contributed by atoms with E-state index in [-0.39, 0.29) is 24.4 Å². The van der Waals surface area contributed by atoms with Gasteiger partial charge in [-0.25, -0.2) is 19.8 Å². The first-order chi connectivity index (χ1) is 16.5. The quantitative estimate of drug-likeness (QED) is 0.233. The highest BCUT2D eigenvalue weighted by Crippen LogP contribution is 2.25. The number of hydrazone groups is 1. The van der Waals surface area contributed by atoms with Crippen molar-refractivity contribution in [1.29, 1.82) is 0 Å². The van der Waals surface area contributed by atoms with Crippen LogP contribution in [0.5, 0.6) is 0 Å². The van der Waals surface area contributed by atoms with Crippen molar-refractivity contribution >= 4 is 35.3 Å². The zero-order chi connectivity index (χ0) is 24.8. The monoisotopic (exact) mass is 484 g/mol. The van der Waals surface area contributed by atoms with Crippen molar-refractivity contribution in [1.82, 2.24) is 15.0 Å². The minimum atomic E-state index is -0.711. The third kappa shape index (κ3) is 8.10. The van der Waals surface area contributed by atoms with E-state index in [1.54, 1.807) is 6.92 Å². The molecule has 0 fully saturated rings. The zero-order valence-corrected chi connectivity index (χ0v) is 19.7. The third-order valence-electron chi connectivity index (χ3n) is 4.10. The summed E-state index contributed by atoms with van der Waals surface area (Å²) in [5, 5.41) is 7.48. The van der Waals surface area contributed by atoms with Crippen molar-refractivity contribution in [3.05, 3.63) is 71.9 Å². The molecule has 11 heteroatoms. The van der Waals surface area contributed by atoms with Crippen molar-refractivity contribution in [3.8, 4) is 10.4 Å². The van der Waals surface area contributed by atoms with Gasteiger partial charge in [-0.1, -0.05) is 65.2 Å². The second kappa shape index (κ2) is 14.1. The van der Waals surface area contributed by atoms with Gasteiger partial charge in [0.2, 0.25) is 0 Å². The minimum Gasteiger partial charge on any atom is -0.464 e. The predicted octanol–water partition coefficient (Wildman–Crippen LogP) is 3.50. The fraction of sp³-hybridized carbons (Fsp3) is 0.217. The summed E-state index contributed by atoms with van der Waals surface area (Å²) in [6, 6.07) is 18.8. The lowest BCUT2D eigenvalue weighted by molar-refractivity contribution is -0.132. The molecule has 10 nitrogen and oxygen atoms in total. The number of ether oxygens (including phenoxy) is 3. The number of aromatic nitrogens is 2. The lowest BCUT2D eigenvalue weighted by atomic mass is 10.1. The summed E-state index contributed by atoms with van der Waals surface area (Å²) < 4.78 is 17.6. The number of rotatable bonds is 7. The van der Waals surface area contributed by atoms with Gasteiger partial charge < -0.3 is 14.2 Å². The van der Waals surface area contributed by atoms with Gasteiger partial charge in [0.05, 0.1) is 25.7 Å². The Hall–Kier alpha value is -4.12. The normalized spacial score (nSPS) is 10.4. The van der Waals surface area contributed by atoms with E-state index in [0.717, 1.165) is 16.0 Å². The lowest BCUT2D eigenvalue weighted by Gasteiger charge is -2.05. The van der Waals surface area contributed by atoms with Crippen LogP contribution < -0.4 is 5.43 Å². The first kappa shape index (κ1) is 26.1. The van der Waals surface area contributed by atoms with Crippen molar-refractivity contribution in [3.63, 3.8) is 0 Å². The van der Waals surface area contributed by atoms with Gasteiger partial charge in [-0.2, -0.15) is 5.10 Å². The number of benzene rings is 2. The third-order valence-corrected chi connectivity index (χ3v) is 4.87. The Labute approximate surface area is 200 Å². The molecule has 0 radical (unpaired) electrons. The van der Waals surface area contributed by atoms with Crippen LogP contribution in [-0.4, -0.2) is 54.2 Å². The number of nitrogens with one attached hydrogen (secondary N) is 1. The number of carbonyl (C=O) groups is 3. The molecule has 3 aromatic rings. The maximum atomic E-state index is 11.5. The maximum Gasteiger partial charge on any atom is 0.427 e. The minimum absolute atomic E-state index is 0.0988. The fourth-order valence-electron chi connectivity index (χ4n) is 2.54. The van der Waals surface area contributed by atoms with Gasteiger partial charge in [0.25, 0.3) is 0 Å². The predicted molar refractivity (Wildman–Crippen MR) is 126 cm³/mol. The largest absolute Gasteiger partial charge is 0.464 e. The highest BCUT2D eigenvalue weighted by molar-refractivity contribution is 7.09. The molecule has 0 bridgehead atoms. The number of esters is 2. The van der Waals surface area contributed by atoms with Crippen molar-refractivity contribution in [2.75, 3.05) is 20.8 Å². The standard InChI is InChI=1S/C13H16N2O4.C10H8N2O2S/c1-3-19-13(17)15-14-11(12(16)18-2)9-10-7-5-4-6-8-10;1-14-10(13)8-9(15-12-11-8)7-5-3-2-4-6-7/h4-8H,3,9H2,1-2H3,(H,15,17);2-6H,1H3/b14-11-;. The number of hydrogen-bond acceptors (Lipinski definition) is 10. The number of nitrogens with zero attached hydrogens (tertiary/aromatic N) is 3. The van der Waals surface area contributed by atoms with Crippen LogP contribution in [0, 0.1) is 0 Å². The molecule has 1 aromatic heterocycles. The van der Waals surface area contributed by atoms with Crippen LogP contribution in [0.3, 0.4) is 0 Å². The Balaban J connectivity index is 0.000000246. The van der Waals surface area contributed by atoms with Gasteiger partial charge in [-0.05, 0) is 29.6 Å². The summed E-state index contributed by atoms with van der Waals surface area (Å²) in [7, 11) is 2.59. The van der Waals surface area contributed by atoms with Crippen LogP contribution in [0.25, 0.3) is 10.4 Å². The van der Waals surface area contributed by atoms with E-state index in [0.29, 0.717) is 0 Å². The van der Waals surface area contributed by atoms with Crippen LogP contribution >= 0.6 is 11.5 Å². The van der Waals surface area contributed by atoms with Crippen LogP contribution in [0.2, 0.25) is 0 Å². The van der Waals surface area contributed by atoms with E-state index in [1.165, 1.54) is 25.8 Å². The molecule has 1 N–H and O–H groups in total. The fourth-order valence-corrected chi connectivity index (χ4v) is 3.20. The molecule has 1 amide bonds. The number of methoxy groups -OCH3 is 2.